The van der Waals surface area contributed by atoms with Crippen LogP contribution in [0.1, 0.15) is 30.4 Å². The van der Waals surface area contributed by atoms with Crippen LogP contribution in [0.25, 0.3) is 11.7 Å². The third-order valence-electron chi connectivity index (χ3n) is 4.92. The van der Waals surface area contributed by atoms with Gasteiger partial charge < -0.3 is 15.7 Å². The van der Waals surface area contributed by atoms with Crippen LogP contribution in [0.4, 0.5) is 11.9 Å². The van der Waals surface area contributed by atoms with Gasteiger partial charge in [-0.2, -0.15) is 19.6 Å². The normalized spacial score (nSPS) is 17.5. The highest BCUT2D eigenvalue weighted by Gasteiger charge is 2.26. The van der Waals surface area contributed by atoms with E-state index >= 15 is 0 Å². The summed E-state index contributed by atoms with van der Waals surface area (Å²) in [6.07, 6.45) is 5.43. The van der Waals surface area contributed by atoms with Gasteiger partial charge in [-0.1, -0.05) is 12.1 Å². The number of amides is 2. The molecule has 152 valence electrons. The van der Waals surface area contributed by atoms with E-state index in [1.54, 1.807) is 28.9 Å². The monoisotopic (exact) mass is 405 g/mol. The Morgan fingerprint density at radius 1 is 1.20 bits per heavy atom. The summed E-state index contributed by atoms with van der Waals surface area (Å²) in [7, 11) is 0. The molecule has 3 aromatic rings. The maximum Gasteiger partial charge on any atom is 0.254 e. The summed E-state index contributed by atoms with van der Waals surface area (Å²) in [5, 5.41) is 22.6. The number of aromatic hydroxyl groups is 1. The molecule has 0 unspecified atom stereocenters. The number of benzene rings is 1. The predicted octanol–water partition coefficient (Wildman–Crippen LogP) is 1.45. The molecule has 5 rings (SSSR count). The summed E-state index contributed by atoms with van der Waals surface area (Å²) < 4.78 is 1.60. The van der Waals surface area contributed by atoms with Gasteiger partial charge in [0, 0.05) is 23.7 Å². The van der Waals surface area contributed by atoms with Crippen molar-refractivity contribution >= 4 is 35.4 Å². The first kappa shape index (κ1) is 18.1. The maximum atomic E-state index is 11.9. The van der Waals surface area contributed by atoms with Crippen LogP contribution in [-0.2, 0) is 16.1 Å². The fourth-order valence-electron chi connectivity index (χ4n) is 3.18. The average Bonchev–Trinajstić information content (AvgIpc) is 3.36. The van der Waals surface area contributed by atoms with Gasteiger partial charge in [-0.15, -0.1) is 0 Å². The van der Waals surface area contributed by atoms with Crippen molar-refractivity contribution in [1.82, 2.24) is 24.9 Å². The molecule has 30 heavy (non-hydrogen) atoms. The van der Waals surface area contributed by atoms with Crippen LogP contribution < -0.4 is 16.0 Å². The lowest BCUT2D eigenvalue weighted by atomic mass is 10.1. The second kappa shape index (κ2) is 7.14. The van der Waals surface area contributed by atoms with Crippen molar-refractivity contribution in [2.45, 2.75) is 31.8 Å². The molecule has 10 heteroatoms. The van der Waals surface area contributed by atoms with Gasteiger partial charge in [-0.25, -0.2) is 0 Å². The van der Waals surface area contributed by atoms with Crippen LogP contribution in [0.5, 0.6) is 5.75 Å². The van der Waals surface area contributed by atoms with E-state index < -0.39 is 5.91 Å². The number of carbonyl (C=O) groups excluding carboxylic acids is 2. The summed E-state index contributed by atoms with van der Waals surface area (Å²) in [6.45, 7) is 0.473. The third-order valence-corrected chi connectivity index (χ3v) is 4.92. The molecule has 10 nitrogen and oxygen atoms in total. The van der Waals surface area contributed by atoms with Crippen LogP contribution >= 0.6 is 0 Å². The number of aromatic nitrogens is 4. The first-order valence-electron chi connectivity index (χ1n) is 9.64. The molecule has 1 saturated carbocycles. The minimum atomic E-state index is -0.393. The van der Waals surface area contributed by atoms with Crippen LogP contribution in [0.3, 0.4) is 0 Å². The number of anilines is 2. The molecule has 2 aromatic heterocycles. The van der Waals surface area contributed by atoms with E-state index in [2.05, 4.69) is 31.0 Å². The fraction of sp³-hybridized carbons (Fsp3) is 0.250. The molecule has 4 N–H and O–H groups in total. The lowest BCUT2D eigenvalue weighted by molar-refractivity contribution is -0.124. The zero-order valence-electron chi connectivity index (χ0n) is 15.9. The Bertz CT molecular complexity index is 1180. The SMILES string of the molecule is O=C1C/C(=C\c2cnn3c(NC4CC4)nc(NCc4ccc(O)cc4)nc23)C(=O)N1. The van der Waals surface area contributed by atoms with Crippen molar-refractivity contribution in [2.24, 2.45) is 0 Å². The number of phenolic OH excluding ortho intramolecular Hbond substituents is 1. The van der Waals surface area contributed by atoms with Crippen LogP contribution in [-0.4, -0.2) is 42.5 Å². The molecule has 1 aromatic carbocycles. The Labute approximate surface area is 171 Å². The number of fused-ring (bicyclic) bond motifs is 1. The first-order valence-corrected chi connectivity index (χ1v) is 9.64. The highest BCUT2D eigenvalue weighted by molar-refractivity contribution is 6.15. The molecular weight excluding hydrogens is 386 g/mol. The van der Waals surface area contributed by atoms with Crippen molar-refractivity contribution in [3.05, 3.63) is 47.2 Å². The topological polar surface area (TPSA) is 134 Å². The number of phenols is 1. The molecule has 2 aliphatic rings. The molecule has 0 radical (unpaired) electrons. The van der Waals surface area contributed by atoms with Crippen molar-refractivity contribution < 1.29 is 14.7 Å². The lowest BCUT2D eigenvalue weighted by Gasteiger charge is -2.10. The second-order valence-corrected chi connectivity index (χ2v) is 7.37. The van der Waals surface area contributed by atoms with Gasteiger partial charge in [0.25, 0.3) is 5.91 Å². The van der Waals surface area contributed by atoms with Gasteiger partial charge >= 0.3 is 0 Å². The van der Waals surface area contributed by atoms with Crippen molar-refractivity contribution in [1.29, 1.82) is 0 Å². The highest BCUT2D eigenvalue weighted by Crippen LogP contribution is 2.26. The standard InChI is InChI=1S/C20H19N7O3/c28-15-5-1-11(2-6-15)9-21-19-25-17-13(7-12-8-16(29)24-18(12)30)10-22-27(17)20(26-19)23-14-3-4-14/h1-2,5-7,10,14,28H,3-4,8-9H2,(H,24,29,30)(H2,21,23,25,26)/b12-7+. The minimum Gasteiger partial charge on any atom is -0.508 e. The van der Waals surface area contributed by atoms with Crippen LogP contribution in [0.2, 0.25) is 0 Å². The van der Waals surface area contributed by atoms with Crippen molar-refractivity contribution in [2.75, 3.05) is 10.6 Å². The van der Waals surface area contributed by atoms with E-state index in [4.69, 9.17) is 0 Å². The molecule has 0 bridgehead atoms. The zero-order valence-corrected chi connectivity index (χ0v) is 15.9. The fourth-order valence-corrected chi connectivity index (χ4v) is 3.18. The Morgan fingerprint density at radius 3 is 2.70 bits per heavy atom. The number of rotatable bonds is 6. The third kappa shape index (κ3) is 3.66. The number of carbonyl (C=O) groups is 2. The summed E-state index contributed by atoms with van der Waals surface area (Å²) in [6, 6.07) is 7.23. The van der Waals surface area contributed by atoms with Gasteiger partial charge in [0.05, 0.1) is 12.6 Å². The zero-order chi connectivity index (χ0) is 20.7. The van der Waals surface area contributed by atoms with Gasteiger partial charge in [-0.05, 0) is 36.6 Å². The summed E-state index contributed by atoms with van der Waals surface area (Å²) >= 11 is 0. The second-order valence-electron chi connectivity index (χ2n) is 7.37. The minimum absolute atomic E-state index is 0.0421. The summed E-state index contributed by atoms with van der Waals surface area (Å²) in [5.41, 5.74) is 2.50. The molecule has 0 atom stereocenters. The van der Waals surface area contributed by atoms with Gasteiger partial charge in [0.1, 0.15) is 5.75 Å². The van der Waals surface area contributed by atoms with E-state index in [0.29, 0.717) is 41.3 Å². The molecular formula is C20H19N7O3. The molecule has 1 aliphatic heterocycles. The summed E-state index contributed by atoms with van der Waals surface area (Å²) in [5.74, 6) is 0.469. The Hall–Kier alpha value is -3.95. The maximum absolute atomic E-state index is 11.9. The molecule has 1 aliphatic carbocycles. The molecule has 2 amide bonds. The summed E-state index contributed by atoms with van der Waals surface area (Å²) in [4.78, 5) is 32.5. The molecule has 1 saturated heterocycles. The van der Waals surface area contributed by atoms with Gasteiger partial charge in [0.15, 0.2) is 5.65 Å². The van der Waals surface area contributed by atoms with Gasteiger partial charge in [-0.3, -0.25) is 14.9 Å². The Morgan fingerprint density at radius 2 is 2.00 bits per heavy atom. The number of nitrogens with one attached hydrogen (secondary N) is 3. The number of hydrogen-bond donors (Lipinski definition) is 4. The van der Waals surface area contributed by atoms with E-state index in [1.165, 1.54) is 0 Å². The first-order chi connectivity index (χ1) is 14.5. The average molecular weight is 405 g/mol. The van der Waals surface area contributed by atoms with E-state index in [0.717, 1.165) is 18.4 Å². The number of nitrogens with zero attached hydrogens (tertiary/aromatic N) is 4. The quantitative estimate of drug-likeness (QED) is 0.358. The molecule has 0 spiro atoms. The van der Waals surface area contributed by atoms with E-state index in [1.807, 2.05) is 12.1 Å². The largest absolute Gasteiger partial charge is 0.508 e. The molecule has 2 fully saturated rings. The van der Waals surface area contributed by atoms with Crippen molar-refractivity contribution in [3.63, 3.8) is 0 Å². The number of imide groups is 1. The lowest BCUT2D eigenvalue weighted by Crippen LogP contribution is -2.19. The van der Waals surface area contributed by atoms with Crippen molar-refractivity contribution in [3.8, 4) is 5.75 Å². The van der Waals surface area contributed by atoms with Gasteiger partial charge in [0.2, 0.25) is 17.8 Å². The van der Waals surface area contributed by atoms with E-state index in [9.17, 15) is 14.7 Å². The molecule has 3 heterocycles. The Balaban J connectivity index is 1.49. The number of hydrogen-bond acceptors (Lipinski definition) is 8. The smallest absolute Gasteiger partial charge is 0.254 e. The van der Waals surface area contributed by atoms with E-state index in [-0.39, 0.29) is 18.1 Å². The highest BCUT2D eigenvalue weighted by atomic mass is 16.3. The van der Waals surface area contributed by atoms with Crippen LogP contribution in [0, 0.1) is 0 Å². The van der Waals surface area contributed by atoms with Crippen LogP contribution in [0.15, 0.2) is 36.0 Å². The predicted molar refractivity (Wildman–Crippen MR) is 109 cm³/mol. The Kier molecular flexibility index (Phi) is 4.31.